The average molecular weight is 245 g/mol. The van der Waals surface area contributed by atoms with Crippen LogP contribution in [0.1, 0.15) is 65.2 Å². The van der Waals surface area contributed by atoms with Crippen molar-refractivity contribution >= 4 is 7.92 Å². The lowest BCUT2D eigenvalue weighted by molar-refractivity contribution is 0.695. The maximum absolute atomic E-state index is 5.71. The Hall–Kier alpha value is 0.390. The van der Waals surface area contributed by atoms with E-state index in [4.69, 9.17) is 5.73 Å². The number of rotatable bonds is 12. The fraction of sp³-hybridized carbons (Fsp3) is 1.00. The van der Waals surface area contributed by atoms with Crippen molar-refractivity contribution in [1.29, 1.82) is 0 Å². The van der Waals surface area contributed by atoms with Crippen LogP contribution < -0.4 is 5.73 Å². The molecule has 0 aliphatic heterocycles. The summed E-state index contributed by atoms with van der Waals surface area (Å²) in [6, 6.07) is 0. The van der Waals surface area contributed by atoms with E-state index in [-0.39, 0.29) is 7.92 Å². The van der Waals surface area contributed by atoms with Gasteiger partial charge in [-0.1, -0.05) is 52.4 Å². The summed E-state index contributed by atoms with van der Waals surface area (Å²) in [7, 11) is 0.281. The molecule has 0 heterocycles. The second-order valence-corrected chi connectivity index (χ2v) is 7.43. The Morgan fingerprint density at radius 2 is 1.19 bits per heavy atom. The molecule has 1 nitrogen and oxygen atoms in total. The molecule has 0 saturated heterocycles. The van der Waals surface area contributed by atoms with E-state index in [9.17, 15) is 0 Å². The smallest absolute Gasteiger partial charge is 0.00378 e. The Kier molecular flexibility index (Phi) is 13.8. The molecule has 0 atom stereocenters. The summed E-state index contributed by atoms with van der Waals surface area (Å²) in [5.41, 5.74) is 5.71. The lowest BCUT2D eigenvalue weighted by Gasteiger charge is -2.16. The molecule has 2 N–H and O–H groups in total. The van der Waals surface area contributed by atoms with E-state index >= 15 is 0 Å². The van der Waals surface area contributed by atoms with E-state index in [1.165, 1.54) is 69.9 Å². The van der Waals surface area contributed by atoms with Gasteiger partial charge in [0.25, 0.3) is 0 Å². The molecule has 0 bridgehead atoms. The average Bonchev–Trinajstić information content (AvgIpc) is 2.30. The number of nitrogens with two attached hydrogens (primary N) is 1. The van der Waals surface area contributed by atoms with E-state index in [0.29, 0.717) is 0 Å². The van der Waals surface area contributed by atoms with E-state index in [2.05, 4.69) is 13.8 Å². The summed E-state index contributed by atoms with van der Waals surface area (Å²) in [5.74, 6) is 0. The van der Waals surface area contributed by atoms with Crippen LogP contribution in [0.15, 0.2) is 0 Å². The van der Waals surface area contributed by atoms with Crippen LogP contribution in [0.4, 0.5) is 0 Å². The highest BCUT2D eigenvalue weighted by Crippen LogP contribution is 2.37. The minimum Gasteiger partial charge on any atom is -0.330 e. The summed E-state index contributed by atoms with van der Waals surface area (Å²) >= 11 is 0. The van der Waals surface area contributed by atoms with Gasteiger partial charge in [-0.2, -0.15) is 0 Å². The summed E-state index contributed by atoms with van der Waals surface area (Å²) in [6.07, 6.45) is 15.6. The van der Waals surface area contributed by atoms with Crippen LogP contribution in [0.3, 0.4) is 0 Å². The first kappa shape index (κ1) is 16.4. The Labute approximate surface area is 104 Å². The van der Waals surface area contributed by atoms with Crippen molar-refractivity contribution in [3.63, 3.8) is 0 Å². The monoisotopic (exact) mass is 245 g/mol. The molecule has 0 aliphatic rings. The van der Waals surface area contributed by atoms with Crippen LogP contribution in [0.2, 0.25) is 0 Å². The van der Waals surface area contributed by atoms with Gasteiger partial charge in [-0.25, -0.2) is 0 Å². The van der Waals surface area contributed by atoms with E-state index in [1.54, 1.807) is 0 Å². The molecule has 0 amide bonds. The number of hydrogen-bond donors (Lipinski definition) is 1. The van der Waals surface area contributed by atoms with Gasteiger partial charge in [0.2, 0.25) is 0 Å². The first-order valence-electron chi connectivity index (χ1n) is 7.27. The number of unbranched alkanes of at least 4 members (excludes halogenated alkanes) is 6. The van der Waals surface area contributed by atoms with E-state index < -0.39 is 0 Å². The normalized spacial score (nSPS) is 11.2. The van der Waals surface area contributed by atoms with Crippen LogP contribution in [0, 0.1) is 0 Å². The first-order chi connectivity index (χ1) is 7.85. The molecule has 0 saturated carbocycles. The van der Waals surface area contributed by atoms with Gasteiger partial charge < -0.3 is 5.73 Å². The van der Waals surface area contributed by atoms with Crippen molar-refractivity contribution in [2.24, 2.45) is 5.73 Å². The molecule has 0 aliphatic carbocycles. The lowest BCUT2D eigenvalue weighted by atomic mass is 10.2. The van der Waals surface area contributed by atoms with Gasteiger partial charge in [-0.05, 0) is 37.9 Å². The summed E-state index contributed by atoms with van der Waals surface area (Å²) in [4.78, 5) is 0. The summed E-state index contributed by atoms with van der Waals surface area (Å²) in [5, 5.41) is 0. The minimum absolute atomic E-state index is 0.281. The SMILES string of the molecule is CCCCCCP(CCN)CCCCCC. The zero-order valence-corrected chi connectivity index (χ0v) is 12.4. The van der Waals surface area contributed by atoms with Gasteiger partial charge in [0.15, 0.2) is 0 Å². The van der Waals surface area contributed by atoms with Crippen LogP contribution >= 0.6 is 7.92 Å². The van der Waals surface area contributed by atoms with Gasteiger partial charge in [0.05, 0.1) is 0 Å². The topological polar surface area (TPSA) is 26.0 Å². The summed E-state index contributed by atoms with van der Waals surface area (Å²) < 4.78 is 0. The van der Waals surface area contributed by atoms with E-state index in [1.807, 2.05) is 0 Å². The van der Waals surface area contributed by atoms with Crippen molar-refractivity contribution in [2.45, 2.75) is 65.2 Å². The quantitative estimate of drug-likeness (QED) is 0.395. The molecule has 0 aromatic rings. The molecule has 0 radical (unpaired) electrons. The second kappa shape index (κ2) is 13.5. The largest absolute Gasteiger partial charge is 0.330 e. The molecule has 0 fully saturated rings. The summed E-state index contributed by atoms with van der Waals surface area (Å²) in [6.45, 7) is 5.48. The zero-order valence-electron chi connectivity index (χ0n) is 11.5. The first-order valence-corrected chi connectivity index (χ1v) is 9.17. The highest BCUT2D eigenvalue weighted by Gasteiger charge is 2.06. The third-order valence-corrected chi connectivity index (χ3v) is 5.89. The van der Waals surface area contributed by atoms with Gasteiger partial charge in [0, 0.05) is 0 Å². The third-order valence-electron chi connectivity index (χ3n) is 3.10. The Morgan fingerprint density at radius 3 is 1.56 bits per heavy atom. The zero-order chi connectivity index (χ0) is 12.1. The molecule has 2 heteroatoms. The maximum Gasteiger partial charge on any atom is -0.00378 e. The van der Waals surface area contributed by atoms with Crippen molar-refractivity contribution in [3.8, 4) is 0 Å². The third kappa shape index (κ3) is 10.9. The van der Waals surface area contributed by atoms with Crippen LogP contribution in [0.25, 0.3) is 0 Å². The highest BCUT2D eigenvalue weighted by atomic mass is 31.1. The molecular formula is C14H32NP. The highest BCUT2D eigenvalue weighted by molar-refractivity contribution is 7.57. The predicted octanol–water partition coefficient (Wildman–Crippen LogP) is 4.59. The van der Waals surface area contributed by atoms with Gasteiger partial charge in [-0.3, -0.25) is 0 Å². The number of hydrogen-bond acceptors (Lipinski definition) is 1. The fourth-order valence-electron chi connectivity index (χ4n) is 2.04. The van der Waals surface area contributed by atoms with Crippen LogP contribution in [-0.2, 0) is 0 Å². The molecular weight excluding hydrogens is 213 g/mol. The van der Waals surface area contributed by atoms with Crippen molar-refractivity contribution in [2.75, 3.05) is 25.0 Å². The van der Waals surface area contributed by atoms with E-state index in [0.717, 1.165) is 6.54 Å². The Morgan fingerprint density at radius 1 is 0.688 bits per heavy atom. The van der Waals surface area contributed by atoms with Crippen LogP contribution in [0.5, 0.6) is 0 Å². The van der Waals surface area contributed by atoms with Gasteiger partial charge in [0.1, 0.15) is 0 Å². The fourth-order valence-corrected chi connectivity index (χ4v) is 4.42. The Balaban J connectivity index is 3.45. The van der Waals surface area contributed by atoms with Crippen molar-refractivity contribution < 1.29 is 0 Å². The lowest BCUT2D eigenvalue weighted by Crippen LogP contribution is -2.07. The molecule has 98 valence electrons. The molecule has 0 spiro atoms. The van der Waals surface area contributed by atoms with Gasteiger partial charge in [-0.15, -0.1) is 7.92 Å². The van der Waals surface area contributed by atoms with Crippen molar-refractivity contribution in [1.82, 2.24) is 0 Å². The minimum atomic E-state index is 0.281. The molecule has 16 heavy (non-hydrogen) atoms. The second-order valence-electron chi connectivity index (χ2n) is 4.75. The van der Waals surface area contributed by atoms with Crippen LogP contribution in [-0.4, -0.2) is 25.0 Å². The van der Waals surface area contributed by atoms with Gasteiger partial charge >= 0.3 is 0 Å². The standard InChI is InChI=1S/C14H32NP/c1-3-5-7-9-12-16(14-11-15)13-10-8-6-4-2/h3-15H2,1-2H3. The maximum atomic E-state index is 5.71. The molecule has 0 unspecified atom stereocenters. The molecule has 0 rings (SSSR count). The van der Waals surface area contributed by atoms with Crippen molar-refractivity contribution in [3.05, 3.63) is 0 Å². The molecule has 0 aromatic carbocycles. The Bertz CT molecular complexity index is 116. The molecule has 0 aromatic heterocycles. The predicted molar refractivity (Wildman–Crippen MR) is 78.9 cm³/mol.